The van der Waals surface area contributed by atoms with Crippen molar-refractivity contribution in [1.82, 2.24) is 4.90 Å². The molecular weight excluding hydrogens is 222 g/mol. The van der Waals surface area contributed by atoms with Crippen molar-refractivity contribution >= 4 is 17.5 Å². The van der Waals surface area contributed by atoms with Crippen LogP contribution in [-0.2, 0) is 5.88 Å². The van der Waals surface area contributed by atoms with E-state index in [1.807, 2.05) is 19.1 Å². The Morgan fingerprint density at radius 1 is 1.44 bits per heavy atom. The molecule has 0 saturated carbocycles. The molecule has 84 valence electrons. The normalized spacial score (nSPS) is 9.56. The van der Waals surface area contributed by atoms with E-state index in [4.69, 9.17) is 18.0 Å². The van der Waals surface area contributed by atoms with E-state index in [0.717, 1.165) is 5.56 Å². The number of amides is 1. The molecule has 0 aliphatic heterocycles. The molecule has 0 bridgehead atoms. The minimum absolute atomic E-state index is 0.0402. The number of benzene rings is 1. The minimum Gasteiger partial charge on any atom is -0.328 e. The quantitative estimate of drug-likeness (QED) is 0.580. The SMILES string of the molecule is C#CCN(CC)C(=O)c1ccc(CCl)cc1. The summed E-state index contributed by atoms with van der Waals surface area (Å²) in [5.74, 6) is 2.89. The van der Waals surface area contributed by atoms with Gasteiger partial charge in [0.1, 0.15) is 0 Å². The molecule has 3 heteroatoms. The number of terminal acetylenes is 1. The van der Waals surface area contributed by atoms with Gasteiger partial charge in [-0.15, -0.1) is 18.0 Å². The molecule has 16 heavy (non-hydrogen) atoms. The van der Waals surface area contributed by atoms with Gasteiger partial charge in [0.05, 0.1) is 6.54 Å². The lowest BCUT2D eigenvalue weighted by atomic mass is 10.1. The highest BCUT2D eigenvalue weighted by Crippen LogP contribution is 2.09. The van der Waals surface area contributed by atoms with E-state index in [1.54, 1.807) is 17.0 Å². The van der Waals surface area contributed by atoms with Crippen LogP contribution >= 0.6 is 11.6 Å². The van der Waals surface area contributed by atoms with Crippen molar-refractivity contribution in [2.45, 2.75) is 12.8 Å². The smallest absolute Gasteiger partial charge is 0.254 e. The second-order valence-electron chi connectivity index (χ2n) is 3.35. The molecule has 0 saturated heterocycles. The van der Waals surface area contributed by atoms with Crippen LogP contribution in [0.5, 0.6) is 0 Å². The summed E-state index contributed by atoms with van der Waals surface area (Å²) >= 11 is 5.68. The predicted octanol–water partition coefficient (Wildman–Crippen LogP) is 2.52. The number of carbonyl (C=O) groups is 1. The van der Waals surface area contributed by atoms with Crippen molar-refractivity contribution in [3.8, 4) is 12.3 Å². The van der Waals surface area contributed by atoms with Crippen LogP contribution in [-0.4, -0.2) is 23.9 Å². The molecule has 0 spiro atoms. The molecular formula is C13H14ClNO. The average Bonchev–Trinajstić information content (AvgIpc) is 2.35. The molecule has 1 aromatic rings. The fourth-order valence-corrected chi connectivity index (χ4v) is 1.53. The first-order valence-corrected chi connectivity index (χ1v) is 5.64. The third kappa shape index (κ3) is 3.01. The molecule has 0 aliphatic rings. The van der Waals surface area contributed by atoms with Crippen LogP contribution in [0, 0.1) is 12.3 Å². The molecule has 0 aliphatic carbocycles. The van der Waals surface area contributed by atoms with Gasteiger partial charge >= 0.3 is 0 Å². The molecule has 0 atom stereocenters. The highest BCUT2D eigenvalue weighted by Gasteiger charge is 2.12. The lowest BCUT2D eigenvalue weighted by molar-refractivity contribution is 0.0785. The number of carbonyl (C=O) groups excluding carboxylic acids is 1. The van der Waals surface area contributed by atoms with Gasteiger partial charge in [0.25, 0.3) is 5.91 Å². The molecule has 0 N–H and O–H groups in total. The van der Waals surface area contributed by atoms with E-state index in [9.17, 15) is 4.79 Å². The molecule has 1 amide bonds. The standard InChI is InChI=1S/C13H14ClNO/c1-3-9-15(4-2)13(16)12-7-5-11(10-14)6-8-12/h1,5-8H,4,9-10H2,2H3. The summed E-state index contributed by atoms with van der Waals surface area (Å²) < 4.78 is 0. The Labute approximate surface area is 101 Å². The van der Waals surface area contributed by atoms with E-state index in [-0.39, 0.29) is 5.91 Å². The number of hydrogen-bond donors (Lipinski definition) is 0. The van der Waals surface area contributed by atoms with E-state index in [1.165, 1.54) is 0 Å². The van der Waals surface area contributed by atoms with Crippen molar-refractivity contribution in [2.24, 2.45) is 0 Å². The third-order valence-corrected chi connectivity index (χ3v) is 2.61. The van der Waals surface area contributed by atoms with E-state index in [0.29, 0.717) is 24.5 Å². The lowest BCUT2D eigenvalue weighted by Gasteiger charge is -2.17. The second-order valence-corrected chi connectivity index (χ2v) is 3.62. The van der Waals surface area contributed by atoms with Gasteiger partial charge in [0, 0.05) is 18.0 Å². The maximum Gasteiger partial charge on any atom is 0.254 e. The number of halogens is 1. The summed E-state index contributed by atoms with van der Waals surface area (Å²) in [4.78, 5) is 13.6. The van der Waals surface area contributed by atoms with E-state index >= 15 is 0 Å². The summed E-state index contributed by atoms with van der Waals surface area (Å²) in [7, 11) is 0. The Balaban J connectivity index is 2.83. The summed E-state index contributed by atoms with van der Waals surface area (Å²) in [6, 6.07) is 7.26. The zero-order valence-electron chi connectivity index (χ0n) is 9.24. The first kappa shape index (κ1) is 12.6. The Kier molecular flexibility index (Phi) is 4.88. The van der Waals surface area contributed by atoms with Crippen molar-refractivity contribution in [1.29, 1.82) is 0 Å². The Morgan fingerprint density at radius 3 is 2.50 bits per heavy atom. The Bertz CT molecular complexity index is 391. The maximum absolute atomic E-state index is 12.0. The average molecular weight is 236 g/mol. The monoisotopic (exact) mass is 235 g/mol. The second kappa shape index (κ2) is 6.19. The van der Waals surface area contributed by atoms with Gasteiger partial charge in [-0.25, -0.2) is 0 Å². The molecule has 0 unspecified atom stereocenters. The Morgan fingerprint density at radius 2 is 2.06 bits per heavy atom. The lowest BCUT2D eigenvalue weighted by Crippen LogP contribution is -2.31. The molecule has 0 fully saturated rings. The molecule has 0 heterocycles. The summed E-state index contributed by atoms with van der Waals surface area (Å²) in [5.41, 5.74) is 1.64. The summed E-state index contributed by atoms with van der Waals surface area (Å²) in [6.07, 6.45) is 5.21. The van der Waals surface area contributed by atoms with Gasteiger partial charge in [-0.05, 0) is 24.6 Å². The molecule has 0 radical (unpaired) electrons. The minimum atomic E-state index is -0.0402. The maximum atomic E-state index is 12.0. The zero-order chi connectivity index (χ0) is 12.0. The molecule has 2 nitrogen and oxygen atoms in total. The largest absolute Gasteiger partial charge is 0.328 e. The number of alkyl halides is 1. The van der Waals surface area contributed by atoms with Crippen molar-refractivity contribution < 1.29 is 4.79 Å². The van der Waals surface area contributed by atoms with Crippen LogP contribution in [0.3, 0.4) is 0 Å². The molecule has 1 rings (SSSR count). The highest BCUT2D eigenvalue weighted by atomic mass is 35.5. The van der Waals surface area contributed by atoms with Gasteiger partial charge in [-0.1, -0.05) is 18.1 Å². The summed E-state index contributed by atoms with van der Waals surface area (Å²) in [6.45, 7) is 2.86. The van der Waals surface area contributed by atoms with Crippen molar-refractivity contribution in [3.63, 3.8) is 0 Å². The Hall–Kier alpha value is -1.46. The first-order chi connectivity index (χ1) is 7.72. The van der Waals surface area contributed by atoms with Crippen LogP contribution in [0.4, 0.5) is 0 Å². The number of hydrogen-bond acceptors (Lipinski definition) is 1. The van der Waals surface area contributed by atoms with Gasteiger partial charge in [-0.3, -0.25) is 4.79 Å². The van der Waals surface area contributed by atoms with Crippen LogP contribution in [0.2, 0.25) is 0 Å². The highest BCUT2D eigenvalue weighted by molar-refractivity contribution is 6.17. The van der Waals surface area contributed by atoms with Crippen LogP contribution in [0.15, 0.2) is 24.3 Å². The first-order valence-electron chi connectivity index (χ1n) is 5.10. The van der Waals surface area contributed by atoms with Crippen molar-refractivity contribution in [2.75, 3.05) is 13.1 Å². The zero-order valence-corrected chi connectivity index (χ0v) is 10.00. The van der Waals surface area contributed by atoms with Gasteiger partial charge in [0.2, 0.25) is 0 Å². The number of nitrogens with zero attached hydrogens (tertiary/aromatic N) is 1. The van der Waals surface area contributed by atoms with E-state index < -0.39 is 0 Å². The van der Waals surface area contributed by atoms with Crippen LogP contribution in [0.1, 0.15) is 22.8 Å². The van der Waals surface area contributed by atoms with Crippen LogP contribution in [0.25, 0.3) is 0 Å². The topological polar surface area (TPSA) is 20.3 Å². The number of rotatable bonds is 4. The summed E-state index contributed by atoms with van der Waals surface area (Å²) in [5, 5.41) is 0. The molecule has 0 aromatic heterocycles. The third-order valence-electron chi connectivity index (χ3n) is 2.31. The van der Waals surface area contributed by atoms with Crippen molar-refractivity contribution in [3.05, 3.63) is 35.4 Å². The predicted molar refractivity (Wildman–Crippen MR) is 66.4 cm³/mol. The fourth-order valence-electron chi connectivity index (χ4n) is 1.36. The van der Waals surface area contributed by atoms with E-state index in [2.05, 4.69) is 5.92 Å². The van der Waals surface area contributed by atoms with Gasteiger partial charge in [0.15, 0.2) is 0 Å². The molecule has 1 aromatic carbocycles. The van der Waals surface area contributed by atoms with Crippen LogP contribution < -0.4 is 0 Å². The van der Waals surface area contributed by atoms with Gasteiger partial charge in [-0.2, -0.15) is 0 Å². The fraction of sp³-hybridized carbons (Fsp3) is 0.308. The van der Waals surface area contributed by atoms with Gasteiger partial charge < -0.3 is 4.90 Å².